The van der Waals surface area contributed by atoms with Crippen LogP contribution in [-0.2, 0) is 0 Å². The molecule has 3 atom stereocenters. The monoisotopic (exact) mass is 254 g/mol. The predicted octanol–water partition coefficient (Wildman–Crippen LogP) is 2.00. The van der Waals surface area contributed by atoms with Gasteiger partial charge in [0.1, 0.15) is 0 Å². The van der Waals surface area contributed by atoms with Gasteiger partial charge in [0.15, 0.2) is 0 Å². The summed E-state index contributed by atoms with van der Waals surface area (Å²) in [6.45, 7) is 7.66. The van der Waals surface area contributed by atoms with Crippen LogP contribution in [0, 0.1) is 5.92 Å². The average molecular weight is 254 g/mol. The molecular weight excluding hydrogens is 224 g/mol. The molecule has 0 bridgehead atoms. The van der Waals surface area contributed by atoms with Crippen LogP contribution in [0.5, 0.6) is 0 Å². The Kier molecular flexibility index (Phi) is 5.05. The van der Waals surface area contributed by atoms with Crippen molar-refractivity contribution in [3.8, 4) is 0 Å². The summed E-state index contributed by atoms with van der Waals surface area (Å²) in [4.78, 5) is 2.66. The van der Waals surface area contributed by atoms with Gasteiger partial charge in [-0.1, -0.05) is 19.8 Å². The molecule has 18 heavy (non-hydrogen) atoms. The number of hydrogen-bond donors (Lipinski definition) is 2. The second-order valence-corrected chi connectivity index (χ2v) is 6.47. The zero-order valence-corrected chi connectivity index (χ0v) is 12.1. The van der Waals surface area contributed by atoms with Gasteiger partial charge in [-0.2, -0.15) is 0 Å². The van der Waals surface area contributed by atoms with Crippen LogP contribution in [0.2, 0.25) is 0 Å². The minimum Gasteiger partial charge on any atom is -0.394 e. The van der Waals surface area contributed by atoms with E-state index in [4.69, 9.17) is 0 Å². The summed E-state index contributed by atoms with van der Waals surface area (Å²) in [6, 6.07) is 0.789. The molecule has 106 valence electrons. The Morgan fingerprint density at radius 3 is 2.67 bits per heavy atom. The Hall–Kier alpha value is -0.120. The summed E-state index contributed by atoms with van der Waals surface area (Å²) in [5, 5.41) is 13.1. The van der Waals surface area contributed by atoms with Crippen LogP contribution < -0.4 is 5.32 Å². The fourth-order valence-corrected chi connectivity index (χ4v) is 3.96. The molecule has 1 saturated carbocycles. The minimum atomic E-state index is -0.131. The molecule has 0 spiro atoms. The summed E-state index contributed by atoms with van der Waals surface area (Å²) in [6.07, 6.45) is 8.40. The summed E-state index contributed by atoms with van der Waals surface area (Å²) < 4.78 is 0. The Labute approximate surface area is 112 Å². The number of likely N-dealkylation sites (tertiary alicyclic amines) is 1. The minimum absolute atomic E-state index is 0.131. The summed E-state index contributed by atoms with van der Waals surface area (Å²) in [7, 11) is 0. The van der Waals surface area contributed by atoms with Gasteiger partial charge in [0, 0.05) is 12.6 Å². The van der Waals surface area contributed by atoms with E-state index in [2.05, 4.69) is 24.1 Å². The lowest BCUT2D eigenvalue weighted by atomic mass is 9.78. The Bertz CT molecular complexity index is 257. The van der Waals surface area contributed by atoms with E-state index in [9.17, 15) is 5.11 Å². The van der Waals surface area contributed by atoms with Crippen molar-refractivity contribution < 1.29 is 5.11 Å². The molecule has 1 heterocycles. The summed E-state index contributed by atoms with van der Waals surface area (Å²) in [5.74, 6) is 0.928. The normalized spacial score (nSPS) is 32.8. The van der Waals surface area contributed by atoms with Crippen molar-refractivity contribution in [3.05, 3.63) is 0 Å². The molecule has 2 rings (SSSR count). The molecule has 1 aliphatic carbocycles. The molecule has 2 fully saturated rings. The van der Waals surface area contributed by atoms with Gasteiger partial charge in [-0.3, -0.25) is 4.90 Å². The molecule has 0 aromatic heterocycles. The number of nitrogens with one attached hydrogen (secondary N) is 1. The maximum atomic E-state index is 9.65. The third kappa shape index (κ3) is 3.25. The van der Waals surface area contributed by atoms with E-state index in [1.807, 2.05) is 0 Å². The van der Waals surface area contributed by atoms with Gasteiger partial charge < -0.3 is 10.4 Å². The second kappa shape index (κ2) is 6.36. The van der Waals surface area contributed by atoms with Crippen LogP contribution in [0.15, 0.2) is 0 Å². The molecule has 2 N–H and O–H groups in total. The number of aliphatic hydroxyl groups excluding tert-OH is 1. The molecule has 1 saturated heterocycles. The number of likely N-dealkylation sites (N-methyl/N-ethyl adjacent to an activating group) is 1. The van der Waals surface area contributed by atoms with Crippen LogP contribution >= 0.6 is 0 Å². The lowest BCUT2D eigenvalue weighted by Crippen LogP contribution is -2.58. The second-order valence-electron chi connectivity index (χ2n) is 6.47. The highest BCUT2D eigenvalue weighted by atomic mass is 16.3. The first-order valence-corrected chi connectivity index (χ1v) is 7.78. The highest BCUT2D eigenvalue weighted by Crippen LogP contribution is 2.35. The van der Waals surface area contributed by atoms with E-state index in [0.29, 0.717) is 0 Å². The van der Waals surface area contributed by atoms with Gasteiger partial charge in [0.05, 0.1) is 12.1 Å². The van der Waals surface area contributed by atoms with Crippen molar-refractivity contribution in [1.82, 2.24) is 10.2 Å². The topological polar surface area (TPSA) is 35.5 Å². The smallest absolute Gasteiger partial charge is 0.0623 e. The molecule has 0 radical (unpaired) electrons. The number of aliphatic hydroxyl groups is 1. The van der Waals surface area contributed by atoms with E-state index in [1.54, 1.807) is 0 Å². The molecular formula is C15H30N2O. The average Bonchev–Trinajstić information content (AvgIpc) is 2.39. The van der Waals surface area contributed by atoms with Gasteiger partial charge in [-0.25, -0.2) is 0 Å². The SMILES string of the molecule is CCNC(C)(CO)CN1CCC[C@H]2CCCC[C@H]21. The first-order valence-electron chi connectivity index (χ1n) is 7.78. The molecule has 2 aliphatic rings. The Morgan fingerprint density at radius 2 is 1.94 bits per heavy atom. The molecule has 3 nitrogen and oxygen atoms in total. The van der Waals surface area contributed by atoms with Crippen LogP contribution in [0.25, 0.3) is 0 Å². The van der Waals surface area contributed by atoms with Crippen molar-refractivity contribution in [2.45, 2.75) is 64.0 Å². The Balaban J connectivity index is 1.97. The quantitative estimate of drug-likeness (QED) is 0.788. The first kappa shape index (κ1) is 14.3. The van der Waals surface area contributed by atoms with Crippen molar-refractivity contribution >= 4 is 0 Å². The van der Waals surface area contributed by atoms with Gasteiger partial charge in [0.25, 0.3) is 0 Å². The largest absolute Gasteiger partial charge is 0.394 e. The van der Waals surface area contributed by atoms with Crippen LogP contribution in [0.3, 0.4) is 0 Å². The zero-order chi connectivity index (χ0) is 13.0. The van der Waals surface area contributed by atoms with Crippen molar-refractivity contribution in [2.24, 2.45) is 5.92 Å². The molecule has 0 aromatic carbocycles. The van der Waals surface area contributed by atoms with Crippen LogP contribution in [-0.4, -0.2) is 47.8 Å². The predicted molar refractivity (Wildman–Crippen MR) is 75.7 cm³/mol. The van der Waals surface area contributed by atoms with Crippen LogP contribution in [0.4, 0.5) is 0 Å². The zero-order valence-electron chi connectivity index (χ0n) is 12.1. The number of nitrogens with zero attached hydrogens (tertiary/aromatic N) is 1. The Morgan fingerprint density at radius 1 is 1.22 bits per heavy atom. The van der Waals surface area contributed by atoms with Crippen molar-refractivity contribution in [3.63, 3.8) is 0 Å². The lowest BCUT2D eigenvalue weighted by molar-refractivity contribution is 0.0256. The number of rotatable bonds is 5. The molecule has 1 unspecified atom stereocenters. The van der Waals surface area contributed by atoms with Crippen molar-refractivity contribution in [2.75, 3.05) is 26.2 Å². The highest BCUT2D eigenvalue weighted by molar-refractivity contribution is 4.93. The van der Waals surface area contributed by atoms with Crippen molar-refractivity contribution in [1.29, 1.82) is 0 Å². The van der Waals surface area contributed by atoms with E-state index >= 15 is 0 Å². The maximum absolute atomic E-state index is 9.65. The number of fused-ring (bicyclic) bond motifs is 1. The maximum Gasteiger partial charge on any atom is 0.0623 e. The fourth-order valence-electron chi connectivity index (χ4n) is 3.96. The standard InChI is InChI=1S/C15H30N2O/c1-3-16-15(2,12-18)11-17-10-6-8-13-7-4-5-9-14(13)17/h13-14,16,18H,3-12H2,1-2H3/t13-,14-,15?/m1/s1. The van der Waals surface area contributed by atoms with Gasteiger partial charge in [0.2, 0.25) is 0 Å². The van der Waals surface area contributed by atoms with Crippen LogP contribution in [0.1, 0.15) is 52.4 Å². The number of piperidine rings is 1. The third-order valence-corrected chi connectivity index (χ3v) is 4.86. The molecule has 0 aromatic rings. The van der Waals surface area contributed by atoms with E-state index in [0.717, 1.165) is 25.0 Å². The molecule has 0 amide bonds. The van der Waals surface area contributed by atoms with E-state index < -0.39 is 0 Å². The fraction of sp³-hybridized carbons (Fsp3) is 1.00. The van der Waals surface area contributed by atoms with Gasteiger partial charge in [-0.15, -0.1) is 0 Å². The third-order valence-electron chi connectivity index (χ3n) is 4.86. The van der Waals surface area contributed by atoms with Gasteiger partial charge in [-0.05, 0) is 51.6 Å². The number of hydrogen-bond acceptors (Lipinski definition) is 3. The van der Waals surface area contributed by atoms with Gasteiger partial charge >= 0.3 is 0 Å². The van der Waals surface area contributed by atoms with E-state index in [-0.39, 0.29) is 12.1 Å². The summed E-state index contributed by atoms with van der Waals surface area (Å²) >= 11 is 0. The summed E-state index contributed by atoms with van der Waals surface area (Å²) in [5.41, 5.74) is -0.131. The molecule has 1 aliphatic heterocycles. The first-order chi connectivity index (χ1) is 8.68. The highest BCUT2D eigenvalue weighted by Gasteiger charge is 2.36. The lowest BCUT2D eigenvalue weighted by Gasteiger charge is -2.47. The molecule has 3 heteroatoms. The van der Waals surface area contributed by atoms with E-state index in [1.165, 1.54) is 45.1 Å².